The van der Waals surface area contributed by atoms with Gasteiger partial charge in [0.25, 0.3) is 0 Å². The van der Waals surface area contributed by atoms with E-state index >= 15 is 0 Å². The van der Waals surface area contributed by atoms with Gasteiger partial charge in [0, 0.05) is 5.02 Å². The standard InChI is InChI=1S/C13H17ClO/c14-13-9-12(15)7-6-11(13)8-10-4-2-1-3-5-10/h6-7,9-10,15H,1-5,8H2. The molecule has 0 unspecified atom stereocenters. The van der Waals surface area contributed by atoms with Crippen molar-refractivity contribution in [2.24, 2.45) is 5.92 Å². The molecule has 1 aromatic carbocycles. The summed E-state index contributed by atoms with van der Waals surface area (Å²) in [5.41, 5.74) is 1.18. The van der Waals surface area contributed by atoms with Crippen LogP contribution in [0, 0.1) is 5.92 Å². The van der Waals surface area contributed by atoms with Gasteiger partial charge < -0.3 is 5.11 Å². The fourth-order valence-corrected chi connectivity index (χ4v) is 2.66. The Morgan fingerprint density at radius 2 is 1.93 bits per heavy atom. The first-order chi connectivity index (χ1) is 7.25. The summed E-state index contributed by atoms with van der Waals surface area (Å²) in [6, 6.07) is 5.32. The summed E-state index contributed by atoms with van der Waals surface area (Å²) >= 11 is 6.09. The maximum absolute atomic E-state index is 9.26. The van der Waals surface area contributed by atoms with E-state index in [1.54, 1.807) is 12.1 Å². The summed E-state index contributed by atoms with van der Waals surface area (Å²) in [5, 5.41) is 9.97. The fourth-order valence-electron chi connectivity index (χ4n) is 2.40. The molecule has 0 atom stereocenters. The summed E-state index contributed by atoms with van der Waals surface area (Å²) in [6.45, 7) is 0. The minimum Gasteiger partial charge on any atom is -0.508 e. The number of aromatic hydroxyl groups is 1. The highest BCUT2D eigenvalue weighted by Crippen LogP contribution is 2.30. The van der Waals surface area contributed by atoms with Crippen LogP contribution >= 0.6 is 11.6 Å². The Kier molecular flexibility index (Phi) is 3.53. The molecule has 2 rings (SSSR count). The number of hydrogen-bond donors (Lipinski definition) is 1. The first-order valence-corrected chi connectivity index (χ1v) is 6.11. The molecule has 0 heterocycles. The van der Waals surface area contributed by atoms with Gasteiger partial charge in [-0.15, -0.1) is 0 Å². The normalized spacial score (nSPS) is 17.9. The van der Waals surface area contributed by atoms with E-state index in [0.717, 1.165) is 12.3 Å². The summed E-state index contributed by atoms with van der Waals surface area (Å²) in [4.78, 5) is 0. The summed E-state index contributed by atoms with van der Waals surface area (Å²) in [7, 11) is 0. The second kappa shape index (κ2) is 4.89. The van der Waals surface area contributed by atoms with Gasteiger partial charge in [-0.3, -0.25) is 0 Å². The predicted octanol–water partition coefficient (Wildman–Crippen LogP) is 4.17. The monoisotopic (exact) mass is 224 g/mol. The number of phenols is 1. The smallest absolute Gasteiger partial charge is 0.117 e. The van der Waals surface area contributed by atoms with E-state index in [1.165, 1.54) is 37.7 Å². The Morgan fingerprint density at radius 1 is 1.20 bits per heavy atom. The molecule has 1 saturated carbocycles. The van der Waals surface area contributed by atoms with E-state index in [4.69, 9.17) is 11.6 Å². The van der Waals surface area contributed by atoms with Crippen LogP contribution in [-0.2, 0) is 6.42 Å². The molecule has 15 heavy (non-hydrogen) atoms. The van der Waals surface area contributed by atoms with Gasteiger partial charge in [0.05, 0.1) is 0 Å². The van der Waals surface area contributed by atoms with Gasteiger partial charge in [-0.25, -0.2) is 0 Å². The fraction of sp³-hybridized carbons (Fsp3) is 0.538. The average Bonchev–Trinajstić information content (AvgIpc) is 2.24. The molecule has 1 aromatic rings. The van der Waals surface area contributed by atoms with Crippen LogP contribution in [-0.4, -0.2) is 5.11 Å². The van der Waals surface area contributed by atoms with Gasteiger partial charge in [-0.05, 0) is 30.0 Å². The van der Waals surface area contributed by atoms with Crippen LogP contribution in [0.25, 0.3) is 0 Å². The highest BCUT2D eigenvalue weighted by molar-refractivity contribution is 6.31. The predicted molar refractivity (Wildman–Crippen MR) is 63.4 cm³/mol. The SMILES string of the molecule is Oc1ccc(CC2CCCCC2)c(Cl)c1. The minimum absolute atomic E-state index is 0.257. The number of halogens is 1. The van der Waals surface area contributed by atoms with Gasteiger partial charge in [-0.2, -0.15) is 0 Å². The topological polar surface area (TPSA) is 20.2 Å². The molecule has 1 nitrogen and oxygen atoms in total. The van der Waals surface area contributed by atoms with Crippen molar-refractivity contribution >= 4 is 11.6 Å². The molecule has 82 valence electrons. The molecule has 1 N–H and O–H groups in total. The van der Waals surface area contributed by atoms with Crippen LogP contribution in [0.5, 0.6) is 5.75 Å². The lowest BCUT2D eigenvalue weighted by Crippen LogP contribution is -2.09. The quantitative estimate of drug-likeness (QED) is 0.800. The van der Waals surface area contributed by atoms with Crippen LogP contribution < -0.4 is 0 Å². The van der Waals surface area contributed by atoms with E-state index in [1.807, 2.05) is 6.07 Å². The Hall–Kier alpha value is -0.690. The number of benzene rings is 1. The van der Waals surface area contributed by atoms with Crippen molar-refractivity contribution in [2.75, 3.05) is 0 Å². The number of rotatable bonds is 2. The van der Waals surface area contributed by atoms with Crippen molar-refractivity contribution in [3.63, 3.8) is 0 Å². The summed E-state index contributed by atoms with van der Waals surface area (Å²) in [5.74, 6) is 1.05. The zero-order valence-corrected chi connectivity index (χ0v) is 9.63. The van der Waals surface area contributed by atoms with Crippen molar-refractivity contribution in [1.29, 1.82) is 0 Å². The Balaban J connectivity index is 2.03. The third-order valence-corrected chi connectivity index (χ3v) is 3.62. The maximum atomic E-state index is 9.26. The van der Waals surface area contributed by atoms with E-state index in [2.05, 4.69) is 0 Å². The van der Waals surface area contributed by atoms with Crippen LogP contribution in [0.2, 0.25) is 5.02 Å². The molecule has 0 bridgehead atoms. The van der Waals surface area contributed by atoms with Gasteiger partial charge in [0.1, 0.15) is 5.75 Å². The van der Waals surface area contributed by atoms with Crippen molar-refractivity contribution in [3.8, 4) is 5.75 Å². The van der Waals surface area contributed by atoms with Crippen LogP contribution in [0.3, 0.4) is 0 Å². The van der Waals surface area contributed by atoms with Crippen molar-refractivity contribution in [2.45, 2.75) is 38.5 Å². The van der Waals surface area contributed by atoms with Crippen molar-refractivity contribution in [1.82, 2.24) is 0 Å². The first kappa shape index (κ1) is 10.8. The van der Waals surface area contributed by atoms with E-state index < -0.39 is 0 Å². The van der Waals surface area contributed by atoms with Gasteiger partial charge >= 0.3 is 0 Å². The molecule has 0 aliphatic heterocycles. The highest BCUT2D eigenvalue weighted by Gasteiger charge is 2.15. The first-order valence-electron chi connectivity index (χ1n) is 5.73. The molecule has 0 radical (unpaired) electrons. The number of hydrogen-bond acceptors (Lipinski definition) is 1. The molecule has 1 aliphatic carbocycles. The van der Waals surface area contributed by atoms with E-state index in [9.17, 15) is 5.11 Å². The zero-order valence-electron chi connectivity index (χ0n) is 8.88. The van der Waals surface area contributed by atoms with Crippen molar-refractivity contribution in [3.05, 3.63) is 28.8 Å². The molecule has 1 fully saturated rings. The van der Waals surface area contributed by atoms with Crippen molar-refractivity contribution < 1.29 is 5.11 Å². The second-order valence-electron chi connectivity index (χ2n) is 4.48. The van der Waals surface area contributed by atoms with Crippen LogP contribution in [0.4, 0.5) is 0 Å². The average molecular weight is 225 g/mol. The molecule has 2 heteroatoms. The third-order valence-electron chi connectivity index (χ3n) is 3.27. The van der Waals surface area contributed by atoms with E-state index in [-0.39, 0.29) is 5.75 Å². The lowest BCUT2D eigenvalue weighted by molar-refractivity contribution is 0.356. The molecular formula is C13H17ClO. The van der Waals surface area contributed by atoms with Gasteiger partial charge in [0.15, 0.2) is 0 Å². The number of phenolic OH excluding ortho intramolecular Hbond substituents is 1. The Morgan fingerprint density at radius 3 is 2.60 bits per heavy atom. The molecule has 1 aliphatic rings. The highest BCUT2D eigenvalue weighted by atomic mass is 35.5. The summed E-state index contributed by atoms with van der Waals surface area (Å²) in [6.07, 6.45) is 7.84. The molecular weight excluding hydrogens is 208 g/mol. The van der Waals surface area contributed by atoms with Crippen LogP contribution in [0.15, 0.2) is 18.2 Å². The lowest BCUT2D eigenvalue weighted by Gasteiger charge is -2.21. The maximum Gasteiger partial charge on any atom is 0.117 e. The second-order valence-corrected chi connectivity index (χ2v) is 4.89. The minimum atomic E-state index is 0.257. The van der Waals surface area contributed by atoms with Crippen LogP contribution in [0.1, 0.15) is 37.7 Å². The van der Waals surface area contributed by atoms with E-state index in [0.29, 0.717) is 5.02 Å². The Bertz CT molecular complexity index is 329. The molecule has 0 aromatic heterocycles. The van der Waals surface area contributed by atoms with Gasteiger partial charge in [-0.1, -0.05) is 49.8 Å². The van der Waals surface area contributed by atoms with Gasteiger partial charge in [0.2, 0.25) is 0 Å². The third kappa shape index (κ3) is 2.88. The lowest BCUT2D eigenvalue weighted by atomic mass is 9.85. The largest absolute Gasteiger partial charge is 0.508 e. The Labute approximate surface area is 96.1 Å². The molecule has 0 spiro atoms. The molecule has 0 amide bonds. The summed E-state index contributed by atoms with van der Waals surface area (Å²) < 4.78 is 0. The zero-order chi connectivity index (χ0) is 10.7. The molecule has 0 saturated heterocycles.